The topological polar surface area (TPSA) is 66.4 Å². The second kappa shape index (κ2) is 8.51. The van der Waals surface area contributed by atoms with Crippen LogP contribution in [0.1, 0.15) is 33.8 Å². The van der Waals surface area contributed by atoms with Gasteiger partial charge in [0.2, 0.25) is 5.91 Å². The fraction of sp³-hybridized carbons (Fsp3) is 0.263. The summed E-state index contributed by atoms with van der Waals surface area (Å²) in [4.78, 5) is 22.7. The second-order valence-corrected chi connectivity index (χ2v) is 5.81. The minimum absolute atomic E-state index is 0.0196. The highest BCUT2D eigenvalue weighted by Crippen LogP contribution is 2.34. The molecule has 0 aliphatic heterocycles. The highest BCUT2D eigenvalue weighted by atomic mass is 19.4. The van der Waals surface area contributed by atoms with E-state index in [0.717, 1.165) is 5.56 Å². The molecule has 0 saturated heterocycles. The highest BCUT2D eigenvalue weighted by molar-refractivity contribution is 5.87. The number of aromatic carboxylic acids is 1. The molecule has 1 amide bonds. The molecule has 0 aliphatic rings. The Morgan fingerprint density at radius 3 is 2.15 bits per heavy atom. The minimum Gasteiger partial charge on any atom is -0.478 e. The van der Waals surface area contributed by atoms with Gasteiger partial charge in [-0.05, 0) is 29.7 Å². The summed E-state index contributed by atoms with van der Waals surface area (Å²) in [6.45, 7) is -0.524. The smallest absolute Gasteiger partial charge is 0.397 e. The van der Waals surface area contributed by atoms with Gasteiger partial charge in [-0.15, -0.1) is 0 Å². The van der Waals surface area contributed by atoms with Gasteiger partial charge in [-0.25, -0.2) is 4.79 Å². The quantitative estimate of drug-likeness (QED) is 0.785. The largest absolute Gasteiger partial charge is 0.478 e. The van der Waals surface area contributed by atoms with Crippen molar-refractivity contribution in [1.29, 1.82) is 0 Å². The number of carboxylic acids is 1. The summed E-state index contributed by atoms with van der Waals surface area (Å²) in [5.41, 5.74) is 0.972. The number of carboxylic acid groups (broad SMARTS) is 1. The zero-order chi connectivity index (χ0) is 19.2. The van der Waals surface area contributed by atoms with Crippen LogP contribution in [0.4, 0.5) is 13.2 Å². The van der Waals surface area contributed by atoms with Crippen molar-refractivity contribution >= 4 is 11.9 Å². The predicted molar refractivity (Wildman–Crippen MR) is 90.0 cm³/mol. The first-order chi connectivity index (χ1) is 12.3. The predicted octanol–water partition coefficient (Wildman–Crippen LogP) is 3.78. The Bertz CT molecular complexity index is 743. The Morgan fingerprint density at radius 1 is 1.00 bits per heavy atom. The maximum Gasteiger partial charge on any atom is 0.397 e. The van der Waals surface area contributed by atoms with Crippen LogP contribution in [-0.4, -0.2) is 29.7 Å². The van der Waals surface area contributed by atoms with Crippen LogP contribution in [0.25, 0.3) is 0 Å². The Kier molecular flexibility index (Phi) is 6.38. The average molecular weight is 365 g/mol. The highest BCUT2D eigenvalue weighted by Gasteiger charge is 2.40. The summed E-state index contributed by atoms with van der Waals surface area (Å²) in [6.07, 6.45) is -4.12. The van der Waals surface area contributed by atoms with Crippen molar-refractivity contribution in [2.24, 2.45) is 0 Å². The number of rotatable bonds is 7. The molecule has 1 unspecified atom stereocenters. The number of hydrogen-bond acceptors (Lipinski definition) is 2. The van der Waals surface area contributed by atoms with Gasteiger partial charge in [0.05, 0.1) is 11.5 Å². The van der Waals surface area contributed by atoms with Gasteiger partial charge in [-0.2, -0.15) is 13.2 Å². The molecule has 0 saturated carbocycles. The molecule has 0 aromatic heterocycles. The van der Waals surface area contributed by atoms with Crippen LogP contribution in [0.15, 0.2) is 54.6 Å². The molecular formula is C19H18F3NO3. The molecule has 26 heavy (non-hydrogen) atoms. The van der Waals surface area contributed by atoms with E-state index in [-0.39, 0.29) is 17.5 Å². The summed E-state index contributed by atoms with van der Waals surface area (Å²) < 4.78 is 39.6. The fourth-order valence-electron chi connectivity index (χ4n) is 2.48. The molecule has 0 radical (unpaired) electrons. The van der Waals surface area contributed by atoms with E-state index in [2.05, 4.69) is 5.32 Å². The van der Waals surface area contributed by atoms with Crippen molar-refractivity contribution in [2.45, 2.75) is 24.9 Å². The molecule has 0 bridgehead atoms. The SMILES string of the molecule is O=C(CCc1ccc(C(=O)O)cc1)NCC(c1ccccc1)C(F)(F)F. The van der Waals surface area contributed by atoms with Crippen molar-refractivity contribution in [3.8, 4) is 0 Å². The number of carbonyl (C=O) groups is 2. The number of benzene rings is 2. The molecule has 4 nitrogen and oxygen atoms in total. The molecule has 138 valence electrons. The van der Waals surface area contributed by atoms with E-state index in [1.54, 1.807) is 18.2 Å². The molecule has 0 heterocycles. The fourth-order valence-corrected chi connectivity index (χ4v) is 2.48. The number of nitrogens with one attached hydrogen (secondary N) is 1. The third-order valence-corrected chi connectivity index (χ3v) is 3.94. The Morgan fingerprint density at radius 2 is 1.62 bits per heavy atom. The average Bonchev–Trinajstić information content (AvgIpc) is 2.60. The Hall–Kier alpha value is -2.83. The summed E-state index contributed by atoms with van der Waals surface area (Å²) in [6, 6.07) is 13.5. The third-order valence-electron chi connectivity index (χ3n) is 3.94. The lowest BCUT2D eigenvalue weighted by Crippen LogP contribution is -2.35. The van der Waals surface area contributed by atoms with Gasteiger partial charge in [0.15, 0.2) is 0 Å². The van der Waals surface area contributed by atoms with Gasteiger partial charge < -0.3 is 10.4 Å². The van der Waals surface area contributed by atoms with Crippen molar-refractivity contribution in [1.82, 2.24) is 5.32 Å². The lowest BCUT2D eigenvalue weighted by molar-refractivity contribution is -0.150. The summed E-state index contributed by atoms with van der Waals surface area (Å²) >= 11 is 0. The third kappa shape index (κ3) is 5.61. The van der Waals surface area contributed by atoms with Crippen molar-refractivity contribution in [2.75, 3.05) is 6.54 Å². The number of amides is 1. The van der Waals surface area contributed by atoms with Crippen LogP contribution in [0.3, 0.4) is 0 Å². The lowest BCUT2D eigenvalue weighted by atomic mass is 9.98. The molecule has 2 aromatic carbocycles. The standard InChI is InChI=1S/C19H18F3NO3/c20-19(21,22)16(14-4-2-1-3-5-14)12-23-17(24)11-8-13-6-9-15(10-7-13)18(25)26/h1-7,9-10,16H,8,11-12H2,(H,23,24)(H,25,26). The molecule has 7 heteroatoms. The van der Waals surface area contributed by atoms with E-state index in [9.17, 15) is 22.8 Å². The van der Waals surface area contributed by atoms with E-state index in [1.807, 2.05) is 0 Å². The first kappa shape index (κ1) is 19.5. The van der Waals surface area contributed by atoms with Gasteiger partial charge in [0.25, 0.3) is 0 Å². The summed E-state index contributed by atoms with van der Waals surface area (Å²) in [7, 11) is 0. The molecule has 2 N–H and O–H groups in total. The first-order valence-corrected chi connectivity index (χ1v) is 7.98. The van der Waals surface area contributed by atoms with Gasteiger partial charge >= 0.3 is 12.1 Å². The van der Waals surface area contributed by atoms with Crippen molar-refractivity contribution in [3.05, 3.63) is 71.3 Å². The van der Waals surface area contributed by atoms with Crippen LogP contribution < -0.4 is 5.32 Å². The minimum atomic E-state index is -4.46. The van der Waals surface area contributed by atoms with Crippen molar-refractivity contribution < 1.29 is 27.9 Å². The van der Waals surface area contributed by atoms with E-state index in [0.29, 0.717) is 6.42 Å². The number of hydrogen-bond donors (Lipinski definition) is 2. The molecule has 0 aliphatic carbocycles. The monoisotopic (exact) mass is 365 g/mol. The molecular weight excluding hydrogens is 347 g/mol. The number of aryl methyl sites for hydroxylation is 1. The number of alkyl halides is 3. The van der Waals surface area contributed by atoms with E-state index in [4.69, 9.17) is 5.11 Å². The second-order valence-electron chi connectivity index (χ2n) is 5.81. The maximum atomic E-state index is 13.2. The van der Waals surface area contributed by atoms with Crippen LogP contribution in [0.2, 0.25) is 0 Å². The lowest BCUT2D eigenvalue weighted by Gasteiger charge is -2.21. The number of carbonyl (C=O) groups excluding carboxylic acids is 1. The van der Waals surface area contributed by atoms with Gasteiger partial charge in [0, 0.05) is 13.0 Å². The Balaban J connectivity index is 1.89. The molecule has 2 rings (SSSR count). The molecule has 0 spiro atoms. The van der Waals surface area contributed by atoms with Gasteiger partial charge in [0.1, 0.15) is 0 Å². The van der Waals surface area contributed by atoms with Crippen LogP contribution in [-0.2, 0) is 11.2 Å². The molecule has 0 fully saturated rings. The summed E-state index contributed by atoms with van der Waals surface area (Å²) in [5.74, 6) is -3.30. The number of halogens is 3. The van der Waals surface area contributed by atoms with E-state index < -0.39 is 30.5 Å². The zero-order valence-corrected chi connectivity index (χ0v) is 13.8. The first-order valence-electron chi connectivity index (χ1n) is 7.98. The Labute approximate surface area is 148 Å². The van der Waals surface area contributed by atoms with Crippen molar-refractivity contribution in [3.63, 3.8) is 0 Å². The molecule has 2 aromatic rings. The molecule has 1 atom stereocenters. The van der Waals surface area contributed by atoms with E-state index in [1.165, 1.54) is 36.4 Å². The van der Waals surface area contributed by atoms with E-state index >= 15 is 0 Å². The summed E-state index contributed by atoms with van der Waals surface area (Å²) in [5, 5.41) is 11.2. The van der Waals surface area contributed by atoms with Crippen LogP contribution >= 0.6 is 0 Å². The van der Waals surface area contributed by atoms with Gasteiger partial charge in [-0.3, -0.25) is 4.79 Å². The van der Waals surface area contributed by atoms with Crippen LogP contribution in [0, 0.1) is 0 Å². The maximum absolute atomic E-state index is 13.2. The van der Waals surface area contributed by atoms with Gasteiger partial charge in [-0.1, -0.05) is 42.5 Å². The van der Waals surface area contributed by atoms with Crippen LogP contribution in [0.5, 0.6) is 0 Å². The normalized spacial score (nSPS) is 12.4. The zero-order valence-electron chi connectivity index (χ0n) is 13.8.